The van der Waals surface area contributed by atoms with Gasteiger partial charge in [-0.25, -0.2) is 18.2 Å². The van der Waals surface area contributed by atoms with Gasteiger partial charge in [0.25, 0.3) is 5.91 Å². The quantitative estimate of drug-likeness (QED) is 0.397. The molecular weight excluding hydrogens is 482 g/mol. The number of carbonyl (C=O) groups excluding carboxylic acids is 1. The Morgan fingerprint density at radius 2 is 1.81 bits per heavy atom. The number of aromatic nitrogens is 2. The molecule has 3 N–H and O–H groups in total. The predicted octanol–water partition coefficient (Wildman–Crippen LogP) is 2.04. The third kappa shape index (κ3) is 6.49. The second-order valence-corrected chi connectivity index (χ2v) is 9.95. The van der Waals surface area contributed by atoms with Crippen LogP contribution in [0.2, 0.25) is 0 Å². The number of hydrogen-bond donors (Lipinski definition) is 2. The van der Waals surface area contributed by atoms with Gasteiger partial charge in [0, 0.05) is 25.2 Å². The number of nitrogens with one attached hydrogen (secondary N) is 1. The molecule has 0 saturated carbocycles. The number of sulfonamides is 1. The number of nitrogens with zero attached hydrogens (tertiary/aromatic N) is 3. The van der Waals surface area contributed by atoms with Crippen molar-refractivity contribution in [2.24, 2.45) is 5.14 Å². The summed E-state index contributed by atoms with van der Waals surface area (Å²) in [5.74, 6) is 0.465. The van der Waals surface area contributed by atoms with E-state index in [0.717, 1.165) is 50.6 Å². The van der Waals surface area contributed by atoms with Gasteiger partial charge in [-0.1, -0.05) is 0 Å². The van der Waals surface area contributed by atoms with E-state index in [1.807, 2.05) is 31.2 Å². The molecule has 1 aromatic heterocycles. The normalized spacial score (nSPS) is 14.5. The van der Waals surface area contributed by atoms with E-state index in [-0.39, 0.29) is 16.5 Å². The van der Waals surface area contributed by atoms with Crippen LogP contribution in [0, 0.1) is 0 Å². The number of benzene rings is 2. The van der Waals surface area contributed by atoms with Crippen LogP contribution < -0.4 is 15.2 Å². The summed E-state index contributed by atoms with van der Waals surface area (Å²) in [4.78, 5) is 15.2. The number of morpholine rings is 1. The van der Waals surface area contributed by atoms with Gasteiger partial charge in [0.05, 0.1) is 36.1 Å². The molecule has 0 atom stereocenters. The highest BCUT2D eigenvalue weighted by molar-refractivity contribution is 7.89. The van der Waals surface area contributed by atoms with Crippen LogP contribution in [-0.4, -0.2) is 75.0 Å². The fourth-order valence-corrected chi connectivity index (χ4v) is 4.50. The second-order valence-electron chi connectivity index (χ2n) is 8.39. The van der Waals surface area contributed by atoms with Crippen molar-refractivity contribution < 1.29 is 22.7 Å². The lowest BCUT2D eigenvalue weighted by Gasteiger charge is -2.26. The summed E-state index contributed by atoms with van der Waals surface area (Å²) < 4.78 is 35.8. The molecule has 1 aliphatic heterocycles. The van der Waals surface area contributed by atoms with Gasteiger partial charge in [-0.2, -0.15) is 5.10 Å². The number of ether oxygens (including phenoxy) is 2. The van der Waals surface area contributed by atoms with Crippen molar-refractivity contribution in [1.29, 1.82) is 0 Å². The van der Waals surface area contributed by atoms with E-state index in [1.54, 1.807) is 22.9 Å². The minimum atomic E-state index is -3.82. The first-order valence-corrected chi connectivity index (χ1v) is 13.4. The zero-order chi connectivity index (χ0) is 25.5. The molecule has 1 aliphatic rings. The third-order valence-corrected chi connectivity index (χ3v) is 6.78. The first-order valence-electron chi connectivity index (χ1n) is 11.9. The lowest BCUT2D eigenvalue weighted by Crippen LogP contribution is -2.38. The number of amides is 1. The van der Waals surface area contributed by atoms with Crippen LogP contribution in [0.5, 0.6) is 5.75 Å². The van der Waals surface area contributed by atoms with Gasteiger partial charge >= 0.3 is 0 Å². The van der Waals surface area contributed by atoms with E-state index < -0.39 is 10.0 Å². The Morgan fingerprint density at radius 1 is 1.11 bits per heavy atom. The number of nitrogens with two attached hydrogens (primary N) is 1. The smallest absolute Gasteiger partial charge is 0.271 e. The molecule has 3 aromatic rings. The molecule has 2 aromatic carbocycles. The summed E-state index contributed by atoms with van der Waals surface area (Å²) in [6.07, 6.45) is 0.827. The van der Waals surface area contributed by atoms with Crippen molar-refractivity contribution in [3.8, 4) is 22.7 Å². The van der Waals surface area contributed by atoms with Gasteiger partial charge in [0.1, 0.15) is 5.75 Å². The summed E-state index contributed by atoms with van der Waals surface area (Å²) in [5, 5.41) is 12.7. The van der Waals surface area contributed by atoms with Gasteiger partial charge < -0.3 is 14.8 Å². The molecule has 0 radical (unpaired) electrons. The average molecular weight is 514 g/mol. The molecule has 11 heteroatoms. The first-order chi connectivity index (χ1) is 17.3. The Kier molecular flexibility index (Phi) is 8.36. The fourth-order valence-electron chi connectivity index (χ4n) is 3.98. The van der Waals surface area contributed by atoms with Crippen molar-refractivity contribution in [2.45, 2.75) is 18.2 Å². The maximum atomic E-state index is 12.9. The Labute approximate surface area is 211 Å². The van der Waals surface area contributed by atoms with Gasteiger partial charge in [-0.15, -0.1) is 0 Å². The molecule has 0 spiro atoms. The number of rotatable bonds is 10. The molecule has 1 saturated heterocycles. The van der Waals surface area contributed by atoms with Crippen LogP contribution in [0.1, 0.15) is 23.8 Å². The number of primary sulfonamides is 1. The highest BCUT2D eigenvalue weighted by Gasteiger charge is 2.18. The fraction of sp³-hybridized carbons (Fsp3) is 0.360. The van der Waals surface area contributed by atoms with Crippen LogP contribution in [0.4, 0.5) is 0 Å². The second kappa shape index (κ2) is 11.7. The Morgan fingerprint density at radius 3 is 2.44 bits per heavy atom. The monoisotopic (exact) mass is 513 g/mol. The van der Waals surface area contributed by atoms with Crippen molar-refractivity contribution >= 4 is 15.9 Å². The standard InChI is InChI=1S/C25H31N5O5S/c1-2-35-21-8-4-19(5-9-21)24-18-23(25(31)27-12-3-13-29-14-16-34-17-15-29)28-30(24)20-6-10-22(11-7-20)36(26,32)33/h4-11,18H,2-3,12-17H2,1H3,(H,27,31)(H2,26,32,33). The minimum Gasteiger partial charge on any atom is -0.494 e. The van der Waals surface area contributed by atoms with E-state index in [0.29, 0.717) is 24.5 Å². The zero-order valence-corrected chi connectivity index (χ0v) is 21.0. The lowest BCUT2D eigenvalue weighted by molar-refractivity contribution is 0.0374. The van der Waals surface area contributed by atoms with E-state index in [1.165, 1.54) is 12.1 Å². The average Bonchev–Trinajstić information content (AvgIpc) is 3.33. The zero-order valence-electron chi connectivity index (χ0n) is 20.2. The summed E-state index contributed by atoms with van der Waals surface area (Å²) in [6, 6.07) is 15.3. The summed E-state index contributed by atoms with van der Waals surface area (Å²) >= 11 is 0. The van der Waals surface area contributed by atoms with E-state index >= 15 is 0 Å². The largest absolute Gasteiger partial charge is 0.494 e. The maximum Gasteiger partial charge on any atom is 0.271 e. The Hall–Kier alpha value is -3.25. The van der Waals surface area contributed by atoms with Crippen LogP contribution >= 0.6 is 0 Å². The van der Waals surface area contributed by atoms with Gasteiger partial charge in [-0.3, -0.25) is 9.69 Å². The van der Waals surface area contributed by atoms with E-state index in [2.05, 4.69) is 15.3 Å². The highest BCUT2D eigenvalue weighted by Crippen LogP contribution is 2.27. The lowest BCUT2D eigenvalue weighted by atomic mass is 10.1. The molecule has 2 heterocycles. The molecule has 1 fully saturated rings. The number of carbonyl (C=O) groups is 1. The number of hydrogen-bond acceptors (Lipinski definition) is 7. The molecule has 0 bridgehead atoms. The van der Waals surface area contributed by atoms with Crippen LogP contribution in [0.15, 0.2) is 59.5 Å². The van der Waals surface area contributed by atoms with Crippen molar-refractivity contribution in [2.75, 3.05) is 46.0 Å². The summed E-state index contributed by atoms with van der Waals surface area (Å²) in [5.41, 5.74) is 2.37. The van der Waals surface area contributed by atoms with Crippen molar-refractivity contribution in [3.05, 3.63) is 60.3 Å². The molecule has 0 aliphatic carbocycles. The van der Waals surface area contributed by atoms with Gasteiger partial charge in [0.15, 0.2) is 5.69 Å². The van der Waals surface area contributed by atoms with Gasteiger partial charge in [0.2, 0.25) is 10.0 Å². The highest BCUT2D eigenvalue weighted by atomic mass is 32.2. The van der Waals surface area contributed by atoms with E-state index in [9.17, 15) is 13.2 Å². The third-order valence-electron chi connectivity index (χ3n) is 5.85. The molecule has 36 heavy (non-hydrogen) atoms. The molecule has 0 unspecified atom stereocenters. The van der Waals surface area contributed by atoms with Crippen LogP contribution in [0.25, 0.3) is 16.9 Å². The Bertz CT molecular complexity index is 1270. The molecule has 1 amide bonds. The molecule has 10 nitrogen and oxygen atoms in total. The topological polar surface area (TPSA) is 129 Å². The Balaban J connectivity index is 1.54. The molecule has 192 valence electrons. The first kappa shape index (κ1) is 25.8. The van der Waals surface area contributed by atoms with Gasteiger partial charge in [-0.05, 0) is 74.5 Å². The summed E-state index contributed by atoms with van der Waals surface area (Å²) in [6.45, 7) is 7.22. The van der Waals surface area contributed by atoms with Crippen LogP contribution in [0.3, 0.4) is 0 Å². The van der Waals surface area contributed by atoms with E-state index in [4.69, 9.17) is 14.6 Å². The predicted molar refractivity (Wildman–Crippen MR) is 136 cm³/mol. The van der Waals surface area contributed by atoms with Crippen molar-refractivity contribution in [3.63, 3.8) is 0 Å². The van der Waals surface area contributed by atoms with Crippen LogP contribution in [-0.2, 0) is 14.8 Å². The minimum absolute atomic E-state index is 0.000687. The molecular formula is C25H31N5O5S. The maximum absolute atomic E-state index is 12.9. The summed E-state index contributed by atoms with van der Waals surface area (Å²) in [7, 11) is -3.82. The van der Waals surface area contributed by atoms with Crippen molar-refractivity contribution in [1.82, 2.24) is 20.0 Å². The molecule has 4 rings (SSSR count). The SMILES string of the molecule is CCOc1ccc(-c2cc(C(=O)NCCCN3CCOCC3)nn2-c2ccc(S(N)(=O)=O)cc2)cc1.